The maximum atomic E-state index is 12.4. The standard InChI is InChI=1S/C25H27NO5/c1-2-23(27)26-14-8-7-9-17(25(29)30)15-24(28)31-16-22-20-12-5-3-10-18(20)19-11-4-6-13-21(19)22/h2-6,10-13,17,22H,1,7-9,14-16H2,(H,26,27)(H,29,30)/t17-/m1/s1. The quantitative estimate of drug-likeness (QED) is 0.326. The number of ether oxygens (including phenoxy) is 1. The molecule has 6 nitrogen and oxygen atoms in total. The Labute approximate surface area is 181 Å². The smallest absolute Gasteiger partial charge is 0.307 e. The summed E-state index contributed by atoms with van der Waals surface area (Å²) in [6.07, 6.45) is 2.60. The summed E-state index contributed by atoms with van der Waals surface area (Å²) in [5.41, 5.74) is 4.53. The van der Waals surface area contributed by atoms with E-state index in [0.717, 1.165) is 22.3 Å². The highest BCUT2D eigenvalue weighted by Crippen LogP contribution is 2.44. The fourth-order valence-corrected chi connectivity index (χ4v) is 3.99. The molecule has 1 aliphatic rings. The van der Waals surface area contributed by atoms with Crippen LogP contribution in [0.25, 0.3) is 11.1 Å². The molecular formula is C25H27NO5. The Morgan fingerprint density at radius 1 is 1.03 bits per heavy atom. The van der Waals surface area contributed by atoms with Gasteiger partial charge in [0.1, 0.15) is 6.61 Å². The minimum absolute atomic E-state index is 0.0481. The minimum Gasteiger partial charge on any atom is -0.481 e. The number of benzene rings is 2. The highest BCUT2D eigenvalue weighted by Gasteiger charge is 2.29. The number of carbonyl (C=O) groups excluding carboxylic acids is 2. The number of esters is 1. The predicted octanol–water partition coefficient (Wildman–Crippen LogP) is 3.91. The van der Waals surface area contributed by atoms with E-state index in [2.05, 4.69) is 24.0 Å². The number of carboxylic acids is 1. The first-order chi connectivity index (χ1) is 15.0. The number of nitrogens with one attached hydrogen (secondary N) is 1. The Morgan fingerprint density at radius 2 is 1.65 bits per heavy atom. The summed E-state index contributed by atoms with van der Waals surface area (Å²) in [7, 11) is 0. The van der Waals surface area contributed by atoms with Crippen molar-refractivity contribution in [3.63, 3.8) is 0 Å². The first-order valence-electron chi connectivity index (χ1n) is 10.5. The predicted molar refractivity (Wildman–Crippen MR) is 117 cm³/mol. The fraction of sp³-hybridized carbons (Fsp3) is 0.320. The second kappa shape index (κ2) is 10.6. The molecule has 0 aliphatic heterocycles. The van der Waals surface area contributed by atoms with Crippen LogP contribution < -0.4 is 5.32 Å². The molecule has 1 atom stereocenters. The SMILES string of the molecule is C=CC(=O)NCCCC[C@H](CC(=O)OCC1c2ccccc2-c2ccccc21)C(=O)O. The first-order valence-corrected chi connectivity index (χ1v) is 10.5. The van der Waals surface area contributed by atoms with Gasteiger partial charge in [-0.2, -0.15) is 0 Å². The van der Waals surface area contributed by atoms with Crippen LogP contribution in [0.2, 0.25) is 0 Å². The zero-order chi connectivity index (χ0) is 22.2. The van der Waals surface area contributed by atoms with Gasteiger partial charge in [-0.15, -0.1) is 0 Å². The van der Waals surface area contributed by atoms with Crippen LogP contribution in [0, 0.1) is 5.92 Å². The van der Waals surface area contributed by atoms with E-state index in [1.165, 1.54) is 6.08 Å². The molecule has 0 saturated carbocycles. The molecule has 2 N–H and O–H groups in total. The van der Waals surface area contributed by atoms with Gasteiger partial charge in [-0.05, 0) is 41.2 Å². The van der Waals surface area contributed by atoms with Crippen LogP contribution in [0.5, 0.6) is 0 Å². The van der Waals surface area contributed by atoms with Gasteiger partial charge in [-0.25, -0.2) is 0 Å². The van der Waals surface area contributed by atoms with Crippen molar-refractivity contribution in [2.75, 3.05) is 13.2 Å². The van der Waals surface area contributed by atoms with Crippen LogP contribution in [0.4, 0.5) is 0 Å². The molecule has 0 fully saturated rings. The number of carbonyl (C=O) groups is 3. The third kappa shape index (κ3) is 5.60. The summed E-state index contributed by atoms with van der Waals surface area (Å²) in [6, 6.07) is 16.1. The van der Waals surface area contributed by atoms with Gasteiger partial charge in [0, 0.05) is 12.5 Å². The lowest BCUT2D eigenvalue weighted by Crippen LogP contribution is -2.23. The highest BCUT2D eigenvalue weighted by molar-refractivity contribution is 5.86. The minimum atomic E-state index is -1.01. The van der Waals surface area contributed by atoms with E-state index < -0.39 is 17.9 Å². The molecular weight excluding hydrogens is 394 g/mol. The van der Waals surface area contributed by atoms with Crippen molar-refractivity contribution < 1.29 is 24.2 Å². The van der Waals surface area contributed by atoms with Gasteiger partial charge in [0.2, 0.25) is 5.91 Å². The van der Waals surface area contributed by atoms with E-state index >= 15 is 0 Å². The van der Waals surface area contributed by atoms with Crippen LogP contribution in [0.1, 0.15) is 42.7 Å². The van der Waals surface area contributed by atoms with E-state index in [-0.39, 0.29) is 24.9 Å². The molecule has 2 aromatic carbocycles. The first kappa shape index (κ1) is 22.3. The number of rotatable bonds is 11. The van der Waals surface area contributed by atoms with Crippen LogP contribution >= 0.6 is 0 Å². The van der Waals surface area contributed by atoms with Gasteiger partial charge in [-0.3, -0.25) is 14.4 Å². The summed E-state index contributed by atoms with van der Waals surface area (Å²) in [5, 5.41) is 12.1. The van der Waals surface area contributed by atoms with Gasteiger partial charge in [-0.1, -0.05) is 61.5 Å². The molecule has 0 heterocycles. The van der Waals surface area contributed by atoms with Gasteiger partial charge in [0.25, 0.3) is 0 Å². The fourth-order valence-electron chi connectivity index (χ4n) is 3.99. The number of hydrogen-bond donors (Lipinski definition) is 2. The third-order valence-corrected chi connectivity index (χ3v) is 5.60. The van der Waals surface area contributed by atoms with Crippen molar-refractivity contribution in [1.82, 2.24) is 5.32 Å². The Bertz CT molecular complexity index is 922. The summed E-state index contributed by atoms with van der Waals surface area (Å²) in [5.74, 6) is -2.62. The third-order valence-electron chi connectivity index (χ3n) is 5.60. The monoisotopic (exact) mass is 421 g/mol. The average Bonchev–Trinajstić information content (AvgIpc) is 3.10. The van der Waals surface area contributed by atoms with Crippen molar-refractivity contribution in [2.45, 2.75) is 31.6 Å². The second-order valence-electron chi connectivity index (χ2n) is 7.64. The highest BCUT2D eigenvalue weighted by atomic mass is 16.5. The van der Waals surface area contributed by atoms with Crippen LogP contribution in [-0.4, -0.2) is 36.1 Å². The number of amides is 1. The zero-order valence-electron chi connectivity index (χ0n) is 17.4. The summed E-state index contributed by atoms with van der Waals surface area (Å²) in [4.78, 5) is 35.1. The van der Waals surface area contributed by atoms with E-state index in [4.69, 9.17) is 4.74 Å². The molecule has 3 rings (SSSR count). The molecule has 6 heteroatoms. The van der Waals surface area contributed by atoms with Gasteiger partial charge in [0.05, 0.1) is 12.3 Å². The Morgan fingerprint density at radius 3 is 2.23 bits per heavy atom. The molecule has 0 bridgehead atoms. The van der Waals surface area contributed by atoms with Crippen molar-refractivity contribution in [2.24, 2.45) is 5.92 Å². The van der Waals surface area contributed by atoms with Crippen LogP contribution in [0.3, 0.4) is 0 Å². The topological polar surface area (TPSA) is 92.7 Å². The molecule has 0 radical (unpaired) electrons. The Balaban J connectivity index is 1.52. The van der Waals surface area contributed by atoms with Crippen LogP contribution in [0.15, 0.2) is 61.2 Å². The number of unbranched alkanes of at least 4 members (excludes halogenated alkanes) is 1. The molecule has 1 amide bonds. The van der Waals surface area contributed by atoms with Crippen molar-refractivity contribution in [3.05, 3.63) is 72.3 Å². The van der Waals surface area contributed by atoms with E-state index in [9.17, 15) is 19.5 Å². The number of carboxylic acid groups (broad SMARTS) is 1. The molecule has 162 valence electrons. The maximum absolute atomic E-state index is 12.4. The summed E-state index contributed by atoms with van der Waals surface area (Å²) < 4.78 is 5.52. The molecule has 0 saturated heterocycles. The van der Waals surface area contributed by atoms with Gasteiger partial charge >= 0.3 is 11.9 Å². The van der Waals surface area contributed by atoms with E-state index in [0.29, 0.717) is 25.8 Å². The lowest BCUT2D eigenvalue weighted by molar-refractivity contribution is -0.152. The zero-order valence-corrected chi connectivity index (χ0v) is 17.4. The molecule has 31 heavy (non-hydrogen) atoms. The van der Waals surface area contributed by atoms with Crippen molar-refractivity contribution in [3.8, 4) is 11.1 Å². The summed E-state index contributed by atoms with van der Waals surface area (Å²) in [6.45, 7) is 4.01. The second-order valence-corrected chi connectivity index (χ2v) is 7.64. The lowest BCUT2D eigenvalue weighted by atomic mass is 9.97. The normalized spacial score (nSPS) is 13.0. The van der Waals surface area contributed by atoms with Gasteiger partial charge < -0.3 is 15.2 Å². The van der Waals surface area contributed by atoms with Crippen LogP contribution in [-0.2, 0) is 19.1 Å². The summed E-state index contributed by atoms with van der Waals surface area (Å²) >= 11 is 0. The number of hydrogen-bond acceptors (Lipinski definition) is 4. The Hall–Kier alpha value is -3.41. The van der Waals surface area contributed by atoms with Crippen molar-refractivity contribution in [1.29, 1.82) is 0 Å². The molecule has 2 aromatic rings. The molecule has 0 unspecified atom stereocenters. The van der Waals surface area contributed by atoms with Gasteiger partial charge in [0.15, 0.2) is 0 Å². The largest absolute Gasteiger partial charge is 0.481 e. The number of fused-ring (bicyclic) bond motifs is 3. The van der Waals surface area contributed by atoms with Crippen molar-refractivity contribution >= 4 is 17.8 Å². The van der Waals surface area contributed by atoms with E-state index in [1.807, 2.05) is 36.4 Å². The van der Waals surface area contributed by atoms with E-state index in [1.54, 1.807) is 0 Å². The number of aliphatic carboxylic acids is 1. The molecule has 0 aromatic heterocycles. The lowest BCUT2D eigenvalue weighted by Gasteiger charge is -2.16. The molecule has 0 spiro atoms. The maximum Gasteiger partial charge on any atom is 0.307 e. The molecule has 1 aliphatic carbocycles. The Kier molecular flexibility index (Phi) is 7.60. The average molecular weight is 421 g/mol.